The van der Waals surface area contributed by atoms with Gasteiger partial charge >= 0.3 is 0 Å². The summed E-state index contributed by atoms with van der Waals surface area (Å²) in [6.45, 7) is 3.03. The molecular formula is C13H19ClN2O2. The van der Waals surface area contributed by atoms with Crippen LogP contribution in [0.2, 0.25) is 5.02 Å². The minimum Gasteiger partial charge on any atom is -0.482 e. The second-order valence-electron chi connectivity index (χ2n) is 3.92. The van der Waals surface area contributed by atoms with Crippen LogP contribution in [0.5, 0.6) is 5.75 Å². The van der Waals surface area contributed by atoms with E-state index in [2.05, 4.69) is 12.2 Å². The fraction of sp³-hybridized carbons (Fsp3) is 0.462. The van der Waals surface area contributed by atoms with E-state index < -0.39 is 0 Å². The lowest BCUT2D eigenvalue weighted by atomic mass is 10.2. The molecule has 0 aromatic heterocycles. The van der Waals surface area contributed by atoms with E-state index in [0.717, 1.165) is 18.4 Å². The molecule has 0 unspecified atom stereocenters. The number of nitrogens with two attached hydrogens (primary N) is 1. The van der Waals surface area contributed by atoms with Crippen molar-refractivity contribution in [3.05, 3.63) is 28.8 Å². The number of carbonyl (C=O) groups is 1. The number of amides is 1. The fourth-order valence-corrected chi connectivity index (χ4v) is 1.72. The summed E-state index contributed by atoms with van der Waals surface area (Å²) in [5, 5.41) is 3.24. The van der Waals surface area contributed by atoms with Gasteiger partial charge in [0.2, 0.25) is 0 Å². The fourth-order valence-electron chi connectivity index (χ4n) is 1.47. The summed E-state index contributed by atoms with van der Waals surface area (Å²) in [6, 6.07) is 5.35. The Morgan fingerprint density at radius 1 is 1.50 bits per heavy atom. The second kappa shape index (κ2) is 7.95. The first-order valence-electron chi connectivity index (χ1n) is 6.06. The molecule has 1 rings (SSSR count). The molecular weight excluding hydrogens is 252 g/mol. The zero-order valence-electron chi connectivity index (χ0n) is 10.5. The quantitative estimate of drug-likeness (QED) is 0.746. The van der Waals surface area contributed by atoms with Crippen LogP contribution in [0.3, 0.4) is 0 Å². The van der Waals surface area contributed by atoms with Crippen molar-refractivity contribution in [3.63, 3.8) is 0 Å². The largest absolute Gasteiger partial charge is 0.482 e. The highest BCUT2D eigenvalue weighted by atomic mass is 35.5. The van der Waals surface area contributed by atoms with Crippen molar-refractivity contribution in [2.45, 2.75) is 26.3 Å². The van der Waals surface area contributed by atoms with Crippen LogP contribution in [0.25, 0.3) is 0 Å². The lowest BCUT2D eigenvalue weighted by Gasteiger charge is -2.12. The molecule has 0 saturated heterocycles. The Balaban J connectivity index is 2.50. The first-order valence-corrected chi connectivity index (χ1v) is 6.43. The Morgan fingerprint density at radius 2 is 2.28 bits per heavy atom. The van der Waals surface area contributed by atoms with Crippen LogP contribution in [0.4, 0.5) is 0 Å². The molecule has 3 N–H and O–H groups in total. The molecule has 1 aromatic rings. The van der Waals surface area contributed by atoms with Crippen molar-refractivity contribution < 1.29 is 9.53 Å². The number of benzene rings is 1. The third-order valence-electron chi connectivity index (χ3n) is 2.47. The van der Waals surface area contributed by atoms with Crippen LogP contribution in [-0.2, 0) is 11.3 Å². The Morgan fingerprint density at radius 3 is 2.94 bits per heavy atom. The maximum absolute atomic E-state index is 11.5. The average molecular weight is 271 g/mol. The van der Waals surface area contributed by atoms with Gasteiger partial charge in [0, 0.05) is 18.7 Å². The molecule has 0 heterocycles. The van der Waals surface area contributed by atoms with E-state index >= 15 is 0 Å². The summed E-state index contributed by atoms with van der Waals surface area (Å²) in [6.07, 6.45) is 2.01. The van der Waals surface area contributed by atoms with Gasteiger partial charge in [0.15, 0.2) is 6.61 Å². The number of rotatable bonds is 7. The van der Waals surface area contributed by atoms with Gasteiger partial charge < -0.3 is 15.8 Å². The highest BCUT2D eigenvalue weighted by Gasteiger charge is 2.09. The number of unbranched alkanes of at least 4 members (excludes halogenated alkanes) is 1. The van der Waals surface area contributed by atoms with Crippen LogP contribution >= 0.6 is 11.6 Å². The van der Waals surface area contributed by atoms with E-state index in [9.17, 15) is 4.79 Å². The zero-order chi connectivity index (χ0) is 13.4. The zero-order valence-corrected chi connectivity index (χ0v) is 11.3. The molecule has 18 heavy (non-hydrogen) atoms. The summed E-state index contributed by atoms with van der Waals surface area (Å²) in [4.78, 5) is 11.5. The predicted molar refractivity (Wildman–Crippen MR) is 72.8 cm³/mol. The highest BCUT2D eigenvalue weighted by molar-refractivity contribution is 6.32. The molecule has 100 valence electrons. The molecule has 0 fully saturated rings. The molecule has 0 atom stereocenters. The SMILES string of the molecule is CCCCNC(=O)COc1c(Cl)cccc1CN. The lowest BCUT2D eigenvalue weighted by molar-refractivity contribution is -0.123. The van der Waals surface area contributed by atoms with Crippen molar-refractivity contribution in [1.82, 2.24) is 5.32 Å². The van der Waals surface area contributed by atoms with Crippen LogP contribution in [0.1, 0.15) is 25.3 Å². The van der Waals surface area contributed by atoms with Gasteiger partial charge in [-0.05, 0) is 12.5 Å². The van der Waals surface area contributed by atoms with Gasteiger partial charge in [-0.25, -0.2) is 0 Å². The molecule has 0 aliphatic rings. The Labute approximate surface area is 112 Å². The molecule has 0 bridgehead atoms. The van der Waals surface area contributed by atoms with Gasteiger partial charge in [-0.1, -0.05) is 37.1 Å². The lowest BCUT2D eigenvalue weighted by Crippen LogP contribution is -2.29. The van der Waals surface area contributed by atoms with E-state index in [4.69, 9.17) is 22.1 Å². The van der Waals surface area contributed by atoms with Gasteiger partial charge in [-0.15, -0.1) is 0 Å². The van der Waals surface area contributed by atoms with E-state index in [-0.39, 0.29) is 12.5 Å². The van der Waals surface area contributed by atoms with E-state index in [1.54, 1.807) is 12.1 Å². The Hall–Kier alpha value is -1.26. The maximum atomic E-state index is 11.5. The smallest absolute Gasteiger partial charge is 0.257 e. The van der Waals surface area contributed by atoms with Crippen molar-refractivity contribution in [2.75, 3.05) is 13.2 Å². The summed E-state index contributed by atoms with van der Waals surface area (Å²) in [5.74, 6) is 0.346. The normalized spacial score (nSPS) is 10.2. The van der Waals surface area contributed by atoms with Crippen LogP contribution in [0, 0.1) is 0 Å². The minimum absolute atomic E-state index is 0.0412. The van der Waals surface area contributed by atoms with E-state index in [0.29, 0.717) is 23.9 Å². The van der Waals surface area contributed by atoms with Crippen LogP contribution in [-0.4, -0.2) is 19.1 Å². The minimum atomic E-state index is -0.147. The third-order valence-corrected chi connectivity index (χ3v) is 2.77. The number of nitrogens with one attached hydrogen (secondary N) is 1. The number of para-hydroxylation sites is 1. The van der Waals surface area contributed by atoms with Crippen molar-refractivity contribution in [3.8, 4) is 5.75 Å². The number of hydrogen-bond donors (Lipinski definition) is 2. The first-order chi connectivity index (χ1) is 8.69. The summed E-state index contributed by atoms with van der Waals surface area (Å²) in [5.41, 5.74) is 6.38. The summed E-state index contributed by atoms with van der Waals surface area (Å²) < 4.78 is 5.43. The van der Waals surface area contributed by atoms with Crippen molar-refractivity contribution in [1.29, 1.82) is 0 Å². The van der Waals surface area contributed by atoms with Gasteiger partial charge in [0.1, 0.15) is 5.75 Å². The molecule has 0 saturated carbocycles. The Bertz CT molecular complexity index is 397. The number of carbonyl (C=O) groups excluding carboxylic acids is 1. The maximum Gasteiger partial charge on any atom is 0.257 e. The molecule has 1 amide bonds. The second-order valence-corrected chi connectivity index (χ2v) is 4.33. The summed E-state index contributed by atoms with van der Waals surface area (Å²) >= 11 is 6.01. The standard InChI is InChI=1S/C13H19ClN2O2/c1-2-3-7-16-12(17)9-18-13-10(8-15)5-4-6-11(13)14/h4-6H,2-3,7-9,15H2,1H3,(H,16,17). The van der Waals surface area contributed by atoms with Gasteiger partial charge in [0.05, 0.1) is 5.02 Å². The topological polar surface area (TPSA) is 64.3 Å². The molecule has 5 heteroatoms. The van der Waals surface area contributed by atoms with Crippen molar-refractivity contribution in [2.24, 2.45) is 5.73 Å². The summed E-state index contributed by atoms with van der Waals surface area (Å²) in [7, 11) is 0. The van der Waals surface area contributed by atoms with Gasteiger partial charge in [0.25, 0.3) is 5.91 Å². The first kappa shape index (κ1) is 14.8. The average Bonchev–Trinajstić information content (AvgIpc) is 2.37. The molecule has 0 aliphatic heterocycles. The molecule has 0 aliphatic carbocycles. The number of halogens is 1. The van der Waals surface area contributed by atoms with Crippen molar-refractivity contribution >= 4 is 17.5 Å². The Kier molecular flexibility index (Phi) is 6.54. The number of ether oxygens (including phenoxy) is 1. The van der Waals surface area contributed by atoms with Gasteiger partial charge in [-0.3, -0.25) is 4.79 Å². The highest BCUT2D eigenvalue weighted by Crippen LogP contribution is 2.28. The van der Waals surface area contributed by atoms with Gasteiger partial charge in [-0.2, -0.15) is 0 Å². The van der Waals surface area contributed by atoms with Crippen LogP contribution in [0.15, 0.2) is 18.2 Å². The molecule has 0 radical (unpaired) electrons. The molecule has 4 nitrogen and oxygen atoms in total. The third kappa shape index (κ3) is 4.55. The van der Waals surface area contributed by atoms with Crippen LogP contribution < -0.4 is 15.8 Å². The van der Waals surface area contributed by atoms with E-state index in [1.165, 1.54) is 0 Å². The molecule has 1 aromatic carbocycles. The monoisotopic (exact) mass is 270 g/mol. The predicted octanol–water partition coefficient (Wildman–Crippen LogP) is 2.09. The number of hydrogen-bond acceptors (Lipinski definition) is 3. The van der Waals surface area contributed by atoms with E-state index in [1.807, 2.05) is 6.07 Å². The molecule has 0 spiro atoms.